The first-order chi connectivity index (χ1) is 11.9. The minimum absolute atomic E-state index is 0.376. The number of benzene rings is 1. The molecule has 3 rings (SSSR count). The Hall–Kier alpha value is -2.03. The van der Waals surface area contributed by atoms with E-state index in [0.29, 0.717) is 13.0 Å². The van der Waals surface area contributed by atoms with Gasteiger partial charge in [-0.05, 0) is 31.0 Å². The molecule has 1 unspecified atom stereocenters. The molecule has 0 aliphatic carbocycles. The molecular formula is C16H18F3N3O2S. The highest BCUT2D eigenvalue weighted by Gasteiger charge is 2.32. The van der Waals surface area contributed by atoms with Crippen molar-refractivity contribution >= 4 is 32.6 Å². The predicted molar refractivity (Wildman–Crippen MR) is 90.2 cm³/mol. The summed E-state index contributed by atoms with van der Waals surface area (Å²) in [5, 5.41) is 2.76. The Kier molecular flexibility index (Phi) is 5.03. The maximum atomic E-state index is 12.3. The summed E-state index contributed by atoms with van der Waals surface area (Å²) in [6, 6.07) is 5.59. The van der Waals surface area contributed by atoms with Crippen LogP contribution in [0.2, 0.25) is 0 Å². The number of fused-ring (bicyclic) bond motifs is 1. The van der Waals surface area contributed by atoms with Crippen LogP contribution in [-0.2, 0) is 4.79 Å². The van der Waals surface area contributed by atoms with Crippen molar-refractivity contribution in [3.8, 4) is 5.75 Å². The lowest BCUT2D eigenvalue weighted by atomic mass is 9.97. The number of alkyl halides is 3. The molecule has 5 nitrogen and oxygen atoms in total. The van der Waals surface area contributed by atoms with Crippen molar-refractivity contribution in [2.75, 3.05) is 31.6 Å². The summed E-state index contributed by atoms with van der Waals surface area (Å²) in [5.74, 6) is -0.270. The number of rotatable bonds is 4. The topological polar surface area (TPSA) is 54.5 Å². The van der Waals surface area contributed by atoms with Gasteiger partial charge in [-0.3, -0.25) is 4.79 Å². The van der Waals surface area contributed by atoms with Gasteiger partial charge in [0.1, 0.15) is 12.3 Å². The molecule has 1 aromatic carbocycles. The van der Waals surface area contributed by atoms with Crippen LogP contribution in [0.25, 0.3) is 10.2 Å². The Morgan fingerprint density at radius 3 is 3.00 bits per heavy atom. The Morgan fingerprint density at radius 2 is 2.28 bits per heavy atom. The van der Waals surface area contributed by atoms with Gasteiger partial charge in [-0.15, -0.1) is 0 Å². The van der Waals surface area contributed by atoms with E-state index in [1.165, 1.54) is 11.3 Å². The summed E-state index contributed by atoms with van der Waals surface area (Å²) in [5.41, 5.74) is 0.837. The zero-order chi connectivity index (χ0) is 18.0. The van der Waals surface area contributed by atoms with E-state index < -0.39 is 24.5 Å². The van der Waals surface area contributed by atoms with Gasteiger partial charge in [-0.25, -0.2) is 4.98 Å². The van der Waals surface area contributed by atoms with E-state index in [1.807, 2.05) is 28.4 Å². The maximum absolute atomic E-state index is 12.3. The highest BCUT2D eigenvalue weighted by atomic mass is 32.1. The Labute approximate surface area is 146 Å². The largest absolute Gasteiger partial charge is 0.497 e. The van der Waals surface area contributed by atoms with Gasteiger partial charge < -0.3 is 15.0 Å². The van der Waals surface area contributed by atoms with Crippen molar-refractivity contribution in [1.82, 2.24) is 10.3 Å². The first-order valence-electron chi connectivity index (χ1n) is 7.90. The molecule has 1 N–H and O–H groups in total. The molecule has 1 fully saturated rings. The van der Waals surface area contributed by atoms with E-state index in [1.54, 1.807) is 7.11 Å². The van der Waals surface area contributed by atoms with Gasteiger partial charge in [0, 0.05) is 13.1 Å². The number of halogens is 3. The van der Waals surface area contributed by atoms with Crippen LogP contribution >= 0.6 is 11.3 Å². The van der Waals surface area contributed by atoms with Gasteiger partial charge in [0.25, 0.3) is 0 Å². The Morgan fingerprint density at radius 1 is 1.48 bits per heavy atom. The van der Waals surface area contributed by atoms with Crippen LogP contribution < -0.4 is 15.0 Å². The lowest BCUT2D eigenvalue weighted by molar-refractivity contribution is -0.140. The summed E-state index contributed by atoms with van der Waals surface area (Å²) >= 11 is 1.49. The van der Waals surface area contributed by atoms with Gasteiger partial charge in [0.05, 0.1) is 23.2 Å². The van der Waals surface area contributed by atoms with Gasteiger partial charge in [-0.1, -0.05) is 11.3 Å². The van der Waals surface area contributed by atoms with Crippen molar-refractivity contribution < 1.29 is 22.7 Å². The molecule has 2 heterocycles. The average molecular weight is 373 g/mol. The van der Waals surface area contributed by atoms with Crippen LogP contribution in [0, 0.1) is 5.92 Å². The van der Waals surface area contributed by atoms with Gasteiger partial charge in [0.2, 0.25) is 5.91 Å². The highest BCUT2D eigenvalue weighted by molar-refractivity contribution is 7.22. The van der Waals surface area contributed by atoms with Crippen LogP contribution in [0.15, 0.2) is 18.2 Å². The fraction of sp³-hybridized carbons (Fsp3) is 0.500. The number of thiazole rings is 1. The molecule has 136 valence electrons. The first kappa shape index (κ1) is 17.8. The standard InChI is InChI=1S/C16H18F3N3O2S/c1-24-11-4-5-12-13(7-11)25-15(21-12)22-6-2-3-10(8-22)14(23)20-9-16(17,18)19/h4-5,7,10H,2-3,6,8-9H2,1H3,(H,20,23). The Balaban J connectivity index is 1.69. The number of hydrogen-bond donors (Lipinski definition) is 1. The molecule has 0 radical (unpaired) electrons. The van der Waals surface area contributed by atoms with Gasteiger partial charge in [0.15, 0.2) is 5.13 Å². The predicted octanol–water partition coefficient (Wildman–Crippen LogP) is 3.20. The number of anilines is 1. The van der Waals surface area contributed by atoms with Crippen molar-refractivity contribution in [2.45, 2.75) is 19.0 Å². The lowest BCUT2D eigenvalue weighted by Gasteiger charge is -2.31. The first-order valence-corrected chi connectivity index (χ1v) is 8.71. The maximum Gasteiger partial charge on any atom is 0.405 e. The molecular weight excluding hydrogens is 355 g/mol. The summed E-state index contributed by atoms with van der Waals surface area (Å²) in [6.07, 6.45) is -3.07. The van der Waals surface area contributed by atoms with Gasteiger partial charge >= 0.3 is 6.18 Å². The summed E-state index contributed by atoms with van der Waals surface area (Å²) in [7, 11) is 1.60. The second-order valence-electron chi connectivity index (χ2n) is 5.95. The number of nitrogens with one attached hydrogen (secondary N) is 1. The second-order valence-corrected chi connectivity index (χ2v) is 6.96. The van der Waals surface area contributed by atoms with Crippen LogP contribution in [0.1, 0.15) is 12.8 Å². The third-order valence-electron chi connectivity index (χ3n) is 4.11. The molecule has 25 heavy (non-hydrogen) atoms. The van der Waals surface area contributed by atoms with Crippen LogP contribution in [0.5, 0.6) is 5.75 Å². The Bertz CT molecular complexity index is 763. The van der Waals surface area contributed by atoms with Crippen LogP contribution in [0.4, 0.5) is 18.3 Å². The number of aromatic nitrogens is 1. The third-order valence-corrected chi connectivity index (χ3v) is 5.19. The van der Waals surface area contributed by atoms with E-state index in [4.69, 9.17) is 4.74 Å². The van der Waals surface area contributed by atoms with Gasteiger partial charge in [-0.2, -0.15) is 13.2 Å². The number of hydrogen-bond acceptors (Lipinski definition) is 5. The van der Waals surface area contributed by atoms with E-state index in [9.17, 15) is 18.0 Å². The average Bonchev–Trinajstić information content (AvgIpc) is 3.02. The number of carbonyl (C=O) groups is 1. The fourth-order valence-corrected chi connectivity index (χ4v) is 3.88. The molecule has 2 aromatic rings. The molecule has 1 amide bonds. The quantitative estimate of drug-likeness (QED) is 0.894. The van der Waals surface area contributed by atoms with Crippen LogP contribution in [-0.4, -0.2) is 43.8 Å². The molecule has 1 aromatic heterocycles. The van der Waals surface area contributed by atoms with E-state index >= 15 is 0 Å². The van der Waals surface area contributed by atoms with Crippen molar-refractivity contribution in [2.24, 2.45) is 5.92 Å². The number of amides is 1. The number of nitrogens with zero attached hydrogens (tertiary/aromatic N) is 2. The lowest BCUT2D eigenvalue weighted by Crippen LogP contribution is -2.45. The van der Waals surface area contributed by atoms with Crippen molar-refractivity contribution in [3.05, 3.63) is 18.2 Å². The number of carbonyl (C=O) groups excluding carboxylic acids is 1. The molecule has 1 aliphatic heterocycles. The van der Waals surface area contributed by atoms with E-state index in [2.05, 4.69) is 4.98 Å². The van der Waals surface area contributed by atoms with Crippen LogP contribution in [0.3, 0.4) is 0 Å². The normalized spacial score (nSPS) is 18.4. The number of piperidine rings is 1. The molecule has 0 spiro atoms. The van der Waals surface area contributed by atoms with E-state index in [0.717, 1.165) is 34.1 Å². The molecule has 0 saturated carbocycles. The minimum Gasteiger partial charge on any atom is -0.497 e. The zero-order valence-electron chi connectivity index (χ0n) is 13.6. The summed E-state index contributed by atoms with van der Waals surface area (Å²) in [6.45, 7) is -0.177. The monoisotopic (exact) mass is 373 g/mol. The smallest absolute Gasteiger partial charge is 0.405 e. The zero-order valence-corrected chi connectivity index (χ0v) is 14.4. The molecule has 0 bridgehead atoms. The van der Waals surface area contributed by atoms with Crippen molar-refractivity contribution in [1.29, 1.82) is 0 Å². The number of methoxy groups -OCH3 is 1. The SMILES string of the molecule is COc1ccc2nc(N3CCCC(C(=O)NCC(F)(F)F)C3)sc2c1. The van der Waals surface area contributed by atoms with Crippen molar-refractivity contribution in [3.63, 3.8) is 0 Å². The molecule has 1 saturated heterocycles. The minimum atomic E-state index is -4.39. The molecule has 9 heteroatoms. The number of ether oxygens (including phenoxy) is 1. The summed E-state index contributed by atoms with van der Waals surface area (Å²) < 4.78 is 43.0. The van der Waals surface area contributed by atoms with E-state index in [-0.39, 0.29) is 0 Å². The molecule has 1 aliphatic rings. The fourth-order valence-electron chi connectivity index (χ4n) is 2.85. The third kappa shape index (κ3) is 4.33. The molecule has 1 atom stereocenters. The second kappa shape index (κ2) is 7.07. The highest BCUT2D eigenvalue weighted by Crippen LogP contribution is 2.33. The summed E-state index contributed by atoms with van der Waals surface area (Å²) in [4.78, 5) is 18.5.